The average molecular weight is 281 g/mol. The molecule has 1 aliphatic carbocycles. The molecule has 1 aliphatic rings. The number of rotatable bonds is 5. The van der Waals surface area contributed by atoms with Crippen molar-refractivity contribution in [3.05, 3.63) is 12.2 Å². The lowest BCUT2D eigenvalue weighted by atomic mass is 9.98. The summed E-state index contributed by atoms with van der Waals surface area (Å²) < 4.78 is 1.77. The first-order valence-corrected chi connectivity index (χ1v) is 6.66. The van der Waals surface area contributed by atoms with Crippen LogP contribution in [-0.4, -0.2) is 44.0 Å². The lowest BCUT2D eigenvalue weighted by Crippen LogP contribution is -2.55. The molecule has 0 aliphatic heterocycles. The summed E-state index contributed by atoms with van der Waals surface area (Å²) in [4.78, 5) is 23.1. The maximum atomic E-state index is 11.8. The van der Waals surface area contributed by atoms with Crippen LogP contribution in [0.2, 0.25) is 0 Å². The molecule has 1 aromatic heterocycles. The van der Waals surface area contributed by atoms with Gasteiger partial charge in [-0.2, -0.15) is 0 Å². The van der Waals surface area contributed by atoms with Crippen molar-refractivity contribution >= 4 is 12.0 Å². The topological polar surface area (TPSA) is 109 Å². The van der Waals surface area contributed by atoms with Crippen molar-refractivity contribution < 1.29 is 14.7 Å². The van der Waals surface area contributed by atoms with Crippen LogP contribution in [0.1, 0.15) is 31.5 Å². The Morgan fingerprint density at radius 3 is 2.70 bits per heavy atom. The van der Waals surface area contributed by atoms with Crippen molar-refractivity contribution in [1.82, 2.24) is 25.4 Å². The smallest absolute Gasteiger partial charge is 0.329 e. The van der Waals surface area contributed by atoms with E-state index in [0.29, 0.717) is 25.8 Å². The highest BCUT2D eigenvalue weighted by molar-refractivity contribution is 5.86. The van der Waals surface area contributed by atoms with Crippen LogP contribution >= 0.6 is 0 Å². The predicted octanol–water partition coefficient (Wildman–Crippen LogP) is 0.0542. The Morgan fingerprint density at radius 1 is 1.45 bits per heavy atom. The lowest BCUT2D eigenvalue weighted by molar-refractivity contribution is -0.144. The summed E-state index contributed by atoms with van der Waals surface area (Å²) in [5, 5.41) is 22.2. The van der Waals surface area contributed by atoms with Crippen molar-refractivity contribution in [2.45, 2.75) is 37.6 Å². The van der Waals surface area contributed by atoms with Gasteiger partial charge in [-0.15, -0.1) is 10.2 Å². The van der Waals surface area contributed by atoms with E-state index < -0.39 is 17.5 Å². The molecule has 0 atom stereocenters. The van der Waals surface area contributed by atoms with Gasteiger partial charge in [0.2, 0.25) is 0 Å². The maximum Gasteiger partial charge on any atom is 0.329 e. The highest BCUT2D eigenvalue weighted by atomic mass is 16.4. The Kier molecular flexibility index (Phi) is 4.21. The molecule has 8 nitrogen and oxygen atoms in total. The SMILES string of the molecule is Cn1cnnc1CCNC(=O)NC1(C(=O)O)CCCC1. The number of nitrogens with one attached hydrogen (secondary N) is 2. The van der Waals surface area contributed by atoms with Crippen LogP contribution in [0.5, 0.6) is 0 Å². The number of aromatic nitrogens is 3. The third-order valence-corrected chi connectivity index (χ3v) is 3.66. The molecule has 0 saturated heterocycles. The molecule has 110 valence electrons. The van der Waals surface area contributed by atoms with Gasteiger partial charge in [-0.1, -0.05) is 12.8 Å². The molecule has 20 heavy (non-hydrogen) atoms. The van der Waals surface area contributed by atoms with Crippen LogP contribution in [-0.2, 0) is 18.3 Å². The number of urea groups is 1. The molecule has 0 spiro atoms. The van der Waals surface area contributed by atoms with Crippen LogP contribution < -0.4 is 10.6 Å². The highest BCUT2D eigenvalue weighted by Crippen LogP contribution is 2.29. The zero-order chi connectivity index (χ0) is 14.6. The third-order valence-electron chi connectivity index (χ3n) is 3.66. The van der Waals surface area contributed by atoms with Crippen molar-refractivity contribution in [2.75, 3.05) is 6.54 Å². The van der Waals surface area contributed by atoms with Crippen molar-refractivity contribution in [3.63, 3.8) is 0 Å². The Balaban J connectivity index is 1.80. The minimum absolute atomic E-state index is 0.383. The minimum atomic E-state index is -1.10. The largest absolute Gasteiger partial charge is 0.480 e. The van der Waals surface area contributed by atoms with E-state index in [4.69, 9.17) is 0 Å². The van der Waals surface area contributed by atoms with Gasteiger partial charge in [0.05, 0.1) is 0 Å². The highest BCUT2D eigenvalue weighted by Gasteiger charge is 2.42. The summed E-state index contributed by atoms with van der Waals surface area (Å²) in [6.45, 7) is 0.383. The normalized spacial score (nSPS) is 16.9. The number of aliphatic carboxylic acids is 1. The van der Waals surface area contributed by atoms with E-state index in [1.54, 1.807) is 10.9 Å². The molecule has 2 amide bonds. The summed E-state index contributed by atoms with van der Waals surface area (Å²) in [7, 11) is 1.83. The summed E-state index contributed by atoms with van der Waals surface area (Å²) in [6.07, 6.45) is 4.76. The van der Waals surface area contributed by atoms with Gasteiger partial charge >= 0.3 is 12.0 Å². The molecule has 1 fully saturated rings. The zero-order valence-corrected chi connectivity index (χ0v) is 11.4. The average Bonchev–Trinajstić information content (AvgIpc) is 3.00. The first kappa shape index (κ1) is 14.3. The quantitative estimate of drug-likeness (QED) is 0.706. The molecule has 0 aromatic carbocycles. The summed E-state index contributed by atoms with van der Waals surface area (Å²) in [5.41, 5.74) is -1.10. The number of carbonyl (C=O) groups is 2. The molecule has 8 heteroatoms. The monoisotopic (exact) mass is 281 g/mol. The number of nitrogens with zero attached hydrogens (tertiary/aromatic N) is 3. The van der Waals surface area contributed by atoms with E-state index in [-0.39, 0.29) is 0 Å². The molecular formula is C12H19N5O3. The molecule has 2 rings (SSSR count). The van der Waals surface area contributed by atoms with Gasteiger partial charge < -0.3 is 20.3 Å². The van der Waals surface area contributed by atoms with Gasteiger partial charge in [0.15, 0.2) is 0 Å². The van der Waals surface area contributed by atoms with E-state index >= 15 is 0 Å². The summed E-state index contributed by atoms with van der Waals surface area (Å²) in [5.74, 6) is -0.197. The van der Waals surface area contributed by atoms with Gasteiger partial charge in [-0.05, 0) is 12.8 Å². The van der Waals surface area contributed by atoms with Gasteiger partial charge in [0.1, 0.15) is 17.7 Å². The fraction of sp³-hybridized carbons (Fsp3) is 0.667. The van der Waals surface area contributed by atoms with Crippen molar-refractivity contribution in [1.29, 1.82) is 0 Å². The number of carboxylic acid groups (broad SMARTS) is 1. The molecule has 1 saturated carbocycles. The van der Waals surface area contributed by atoms with E-state index in [1.165, 1.54) is 0 Å². The lowest BCUT2D eigenvalue weighted by Gasteiger charge is -2.25. The number of amides is 2. The van der Waals surface area contributed by atoms with Crippen LogP contribution in [0.4, 0.5) is 4.79 Å². The first-order chi connectivity index (χ1) is 9.53. The summed E-state index contributed by atoms with van der Waals surface area (Å²) in [6, 6.07) is -0.448. The Labute approximate surface area is 116 Å². The third kappa shape index (κ3) is 3.06. The first-order valence-electron chi connectivity index (χ1n) is 6.66. The van der Waals surface area contributed by atoms with Gasteiger partial charge in [-0.3, -0.25) is 0 Å². The molecule has 0 radical (unpaired) electrons. The standard InChI is InChI=1S/C12H19N5O3/c1-17-8-14-16-9(17)4-7-13-11(20)15-12(10(18)19)5-2-3-6-12/h8H,2-7H2,1H3,(H,18,19)(H2,13,15,20). The van der Waals surface area contributed by atoms with E-state index in [9.17, 15) is 14.7 Å². The van der Waals surface area contributed by atoms with Gasteiger partial charge in [0, 0.05) is 20.0 Å². The molecule has 3 N–H and O–H groups in total. The Morgan fingerprint density at radius 2 is 2.15 bits per heavy atom. The minimum Gasteiger partial charge on any atom is -0.480 e. The number of hydrogen-bond donors (Lipinski definition) is 3. The van der Waals surface area contributed by atoms with Crippen LogP contribution in [0.25, 0.3) is 0 Å². The van der Waals surface area contributed by atoms with E-state index in [0.717, 1.165) is 18.7 Å². The number of aryl methyl sites for hydroxylation is 1. The second-order valence-electron chi connectivity index (χ2n) is 5.08. The molecule has 1 aromatic rings. The zero-order valence-electron chi connectivity index (χ0n) is 11.4. The van der Waals surface area contributed by atoms with Crippen LogP contribution in [0.3, 0.4) is 0 Å². The molecule has 0 bridgehead atoms. The Hall–Kier alpha value is -2.12. The van der Waals surface area contributed by atoms with Crippen LogP contribution in [0.15, 0.2) is 6.33 Å². The second-order valence-corrected chi connectivity index (χ2v) is 5.08. The molecule has 1 heterocycles. The number of carbonyl (C=O) groups excluding carboxylic acids is 1. The number of carboxylic acids is 1. The van der Waals surface area contributed by atoms with Crippen molar-refractivity contribution in [3.8, 4) is 0 Å². The maximum absolute atomic E-state index is 11.8. The van der Waals surface area contributed by atoms with Crippen LogP contribution in [0, 0.1) is 0 Å². The summed E-state index contributed by atoms with van der Waals surface area (Å²) >= 11 is 0. The Bertz CT molecular complexity index is 493. The number of hydrogen-bond acceptors (Lipinski definition) is 4. The van der Waals surface area contributed by atoms with E-state index in [2.05, 4.69) is 20.8 Å². The molecular weight excluding hydrogens is 262 g/mol. The molecule has 0 unspecified atom stereocenters. The van der Waals surface area contributed by atoms with E-state index in [1.807, 2.05) is 7.05 Å². The van der Waals surface area contributed by atoms with Gasteiger partial charge in [0.25, 0.3) is 0 Å². The predicted molar refractivity (Wildman–Crippen MR) is 70.1 cm³/mol. The fourth-order valence-corrected chi connectivity index (χ4v) is 2.45. The fourth-order valence-electron chi connectivity index (χ4n) is 2.45. The second kappa shape index (κ2) is 5.89. The van der Waals surface area contributed by atoms with Gasteiger partial charge in [-0.25, -0.2) is 9.59 Å². The van der Waals surface area contributed by atoms with Crippen molar-refractivity contribution in [2.24, 2.45) is 7.05 Å².